The van der Waals surface area contributed by atoms with Gasteiger partial charge in [-0.3, -0.25) is 23.9 Å². The highest BCUT2D eigenvalue weighted by molar-refractivity contribution is 5.86. The van der Waals surface area contributed by atoms with Crippen LogP contribution in [0.15, 0.2) is 65.6 Å². The molecule has 0 saturated carbocycles. The highest BCUT2D eigenvalue weighted by Gasteiger charge is 2.37. The van der Waals surface area contributed by atoms with Crippen molar-refractivity contribution in [2.45, 2.75) is 58.0 Å². The second-order valence-corrected chi connectivity index (χ2v) is 12.9. The minimum absolute atomic E-state index is 0.0723. The quantitative estimate of drug-likeness (QED) is 0.215. The van der Waals surface area contributed by atoms with Gasteiger partial charge in [0, 0.05) is 43.0 Å². The van der Waals surface area contributed by atoms with Crippen molar-refractivity contribution in [3.8, 4) is 22.6 Å². The summed E-state index contributed by atoms with van der Waals surface area (Å²) in [5.41, 5.74) is -0.0625. The highest BCUT2D eigenvalue weighted by Crippen LogP contribution is 2.41. The Balaban J connectivity index is 1.58. The van der Waals surface area contributed by atoms with Crippen LogP contribution >= 0.6 is 0 Å². The first-order valence-corrected chi connectivity index (χ1v) is 16.0. The molecule has 262 valence electrons. The number of rotatable bonds is 6. The van der Waals surface area contributed by atoms with Crippen LogP contribution in [-0.2, 0) is 22.2 Å². The normalized spacial score (nSPS) is 18.1. The average Bonchev–Trinajstić information content (AvgIpc) is 3.02. The van der Waals surface area contributed by atoms with E-state index in [0.29, 0.717) is 28.5 Å². The maximum atomic E-state index is 15.9. The van der Waals surface area contributed by atoms with E-state index in [4.69, 9.17) is 4.74 Å². The van der Waals surface area contributed by atoms with E-state index in [9.17, 15) is 37.1 Å². The van der Waals surface area contributed by atoms with Crippen LogP contribution in [0, 0.1) is 26.6 Å². The van der Waals surface area contributed by atoms with Gasteiger partial charge in [0.25, 0.3) is 5.56 Å². The van der Waals surface area contributed by atoms with E-state index in [1.807, 2.05) is 13.0 Å². The Morgan fingerprint density at radius 2 is 1.72 bits per heavy atom. The molecule has 3 heterocycles. The fourth-order valence-electron chi connectivity index (χ4n) is 6.70. The summed E-state index contributed by atoms with van der Waals surface area (Å²) >= 11 is 0. The molecule has 3 aromatic carbocycles. The van der Waals surface area contributed by atoms with Gasteiger partial charge in [0.05, 0.1) is 18.0 Å². The van der Waals surface area contributed by atoms with Crippen LogP contribution in [0.3, 0.4) is 0 Å². The molecule has 0 aliphatic carbocycles. The van der Waals surface area contributed by atoms with Gasteiger partial charge >= 0.3 is 12.1 Å². The number of alkyl halides is 4. The molecule has 0 radical (unpaired) electrons. The maximum Gasteiger partial charge on any atom is 0.416 e. The number of carbonyl (C=O) groups is 2. The zero-order chi connectivity index (χ0) is 36.1. The number of carbonyl (C=O) groups excluding carboxylic acids is 1. The summed E-state index contributed by atoms with van der Waals surface area (Å²) in [6, 6.07) is 10.5. The van der Waals surface area contributed by atoms with E-state index in [0.717, 1.165) is 16.3 Å². The Morgan fingerprint density at radius 3 is 2.40 bits per heavy atom. The number of hydrogen-bond acceptors (Lipinski definition) is 5. The van der Waals surface area contributed by atoms with E-state index in [2.05, 4.69) is 5.32 Å². The molecule has 2 N–H and O–H groups in total. The zero-order valence-corrected chi connectivity index (χ0v) is 27.4. The van der Waals surface area contributed by atoms with Gasteiger partial charge in [-0.15, -0.1) is 0 Å². The number of amides is 1. The Hall–Kier alpha value is -5.04. The Bertz CT molecular complexity index is 2050. The number of nitrogens with one attached hydrogen (secondary N) is 1. The number of fused-ring (bicyclic) bond motifs is 6. The van der Waals surface area contributed by atoms with Crippen LogP contribution in [0.5, 0.6) is 11.5 Å². The molecule has 2 aliphatic heterocycles. The smallest absolute Gasteiger partial charge is 0.416 e. The summed E-state index contributed by atoms with van der Waals surface area (Å²) < 4.78 is 79.3. The monoisotopic (exact) mass is 695 g/mol. The molecule has 4 bridgehead atoms. The number of nitrogens with zero attached hydrogens (tertiary/aromatic N) is 2. The molecule has 1 saturated heterocycles. The molecule has 6 rings (SSSR count). The van der Waals surface area contributed by atoms with E-state index < -0.39 is 59.7 Å². The standard InChI is InChI=1S/C37H34F5N3O5/c1-19-7-8-25-13-26(19)35(45-16-22(9-10-44-17-24(38)18-44)28(14-31(45)46)37(40,41)42)36(49)43-29(15-32(47)48)27-12-23(11-21(3)34(27)39)33-20(2)5-4-6-30(33)50-25/h4-8,11-14,16,24,29,35H,9-10,15,17-18H2,1-3H3,(H,43,49)(H,47,48)/t29-,35-/m0/s1. The Labute approximate surface area is 284 Å². The fourth-order valence-corrected chi connectivity index (χ4v) is 6.70. The van der Waals surface area contributed by atoms with Gasteiger partial charge in [-0.25, -0.2) is 8.78 Å². The molecule has 1 amide bonds. The third-order valence-electron chi connectivity index (χ3n) is 9.25. The molecule has 1 fully saturated rings. The van der Waals surface area contributed by atoms with Crippen molar-refractivity contribution < 1.29 is 41.4 Å². The number of halogens is 5. The predicted molar refractivity (Wildman–Crippen MR) is 175 cm³/mol. The van der Waals surface area contributed by atoms with Crippen molar-refractivity contribution in [2.75, 3.05) is 19.6 Å². The zero-order valence-electron chi connectivity index (χ0n) is 27.4. The lowest BCUT2D eigenvalue weighted by molar-refractivity contribution is -0.139. The molecule has 1 aromatic heterocycles. The van der Waals surface area contributed by atoms with Crippen LogP contribution in [0.25, 0.3) is 11.1 Å². The molecule has 2 aliphatic rings. The number of carboxylic acids is 1. The lowest BCUT2D eigenvalue weighted by atomic mass is 9.92. The Kier molecular flexibility index (Phi) is 9.29. The third kappa shape index (κ3) is 6.87. The molecule has 8 nitrogen and oxygen atoms in total. The minimum atomic E-state index is -4.90. The molecule has 2 atom stereocenters. The number of hydrogen-bond donors (Lipinski definition) is 2. The third-order valence-corrected chi connectivity index (χ3v) is 9.25. The van der Waals surface area contributed by atoms with E-state index >= 15 is 4.39 Å². The second kappa shape index (κ2) is 13.3. The lowest BCUT2D eigenvalue weighted by Gasteiger charge is -2.34. The predicted octanol–water partition coefficient (Wildman–Crippen LogP) is 6.82. The summed E-state index contributed by atoms with van der Waals surface area (Å²) in [6.45, 7) is 5.20. The number of aromatic nitrogens is 1. The molecule has 13 heteroatoms. The number of benzene rings is 3. The molecule has 0 unspecified atom stereocenters. The first kappa shape index (κ1) is 34.8. The van der Waals surface area contributed by atoms with E-state index in [1.54, 1.807) is 42.2 Å². The van der Waals surface area contributed by atoms with Crippen molar-refractivity contribution in [1.29, 1.82) is 0 Å². The summed E-state index contributed by atoms with van der Waals surface area (Å²) in [5, 5.41) is 12.5. The van der Waals surface area contributed by atoms with Crippen LogP contribution in [-0.4, -0.2) is 52.3 Å². The van der Waals surface area contributed by atoms with Crippen LogP contribution in [0.4, 0.5) is 22.0 Å². The number of likely N-dealkylation sites (tertiary alicyclic amines) is 1. The summed E-state index contributed by atoms with van der Waals surface area (Å²) in [5.74, 6) is -2.45. The molecule has 0 spiro atoms. The molecular formula is C37H34F5N3O5. The summed E-state index contributed by atoms with van der Waals surface area (Å²) in [7, 11) is 0. The summed E-state index contributed by atoms with van der Waals surface area (Å²) in [4.78, 5) is 41.8. The van der Waals surface area contributed by atoms with Gasteiger partial charge in [0.15, 0.2) is 0 Å². The van der Waals surface area contributed by atoms with E-state index in [1.165, 1.54) is 19.1 Å². The van der Waals surface area contributed by atoms with Crippen molar-refractivity contribution >= 4 is 11.9 Å². The fraction of sp³-hybridized carbons (Fsp3) is 0.324. The highest BCUT2D eigenvalue weighted by atomic mass is 19.4. The maximum absolute atomic E-state index is 15.9. The van der Waals surface area contributed by atoms with E-state index in [-0.39, 0.29) is 54.1 Å². The largest absolute Gasteiger partial charge is 0.481 e. The number of pyridine rings is 1. The van der Waals surface area contributed by atoms with Crippen LogP contribution in [0.2, 0.25) is 0 Å². The SMILES string of the molecule is Cc1ccc2cc1[C@H](n1cc(CCN3CC(F)C3)c(C(F)(F)F)cc1=O)C(=O)N[C@@H](CC(=O)O)c1cc(cc(C)c1F)-c1c(C)cccc1O2. The first-order valence-electron chi connectivity index (χ1n) is 16.0. The van der Waals surface area contributed by atoms with Gasteiger partial charge in [0.1, 0.15) is 29.5 Å². The van der Waals surface area contributed by atoms with Crippen LogP contribution in [0.1, 0.15) is 57.4 Å². The number of carboxylic acid groups (broad SMARTS) is 1. The second-order valence-electron chi connectivity index (χ2n) is 12.9. The van der Waals surface area contributed by atoms with Gasteiger partial charge in [-0.05, 0) is 90.9 Å². The van der Waals surface area contributed by atoms with Crippen molar-refractivity contribution in [3.63, 3.8) is 0 Å². The van der Waals surface area contributed by atoms with Gasteiger partial charge < -0.3 is 15.2 Å². The Morgan fingerprint density at radius 1 is 0.980 bits per heavy atom. The van der Waals surface area contributed by atoms with Crippen LogP contribution < -0.4 is 15.6 Å². The topological polar surface area (TPSA) is 101 Å². The average molecular weight is 696 g/mol. The van der Waals surface area contributed by atoms with Crippen molar-refractivity contribution in [3.05, 3.63) is 116 Å². The number of aryl methyl sites for hydroxylation is 3. The van der Waals surface area contributed by atoms with Gasteiger partial charge in [-0.2, -0.15) is 13.2 Å². The molecular weight excluding hydrogens is 661 g/mol. The molecule has 50 heavy (non-hydrogen) atoms. The van der Waals surface area contributed by atoms with Gasteiger partial charge in [0.2, 0.25) is 5.91 Å². The van der Waals surface area contributed by atoms with Gasteiger partial charge in [-0.1, -0.05) is 18.2 Å². The number of ether oxygens (including phenoxy) is 1. The minimum Gasteiger partial charge on any atom is -0.481 e. The summed E-state index contributed by atoms with van der Waals surface area (Å²) in [6.07, 6.45) is -5.94. The lowest BCUT2D eigenvalue weighted by Crippen LogP contribution is -2.49. The van der Waals surface area contributed by atoms with Crippen molar-refractivity contribution in [2.24, 2.45) is 0 Å². The number of aliphatic carboxylic acids is 1. The first-order chi connectivity index (χ1) is 23.6. The molecule has 4 aromatic rings. The van der Waals surface area contributed by atoms with Crippen molar-refractivity contribution in [1.82, 2.24) is 14.8 Å².